The molecule has 3 unspecified atom stereocenters. The summed E-state index contributed by atoms with van der Waals surface area (Å²) in [4.78, 5) is 16.3. The Bertz CT molecular complexity index is 1280. The zero-order valence-electron chi connectivity index (χ0n) is 19.4. The van der Waals surface area contributed by atoms with Gasteiger partial charge < -0.3 is 15.3 Å². The maximum atomic E-state index is 14.2. The molecular weight excluding hydrogens is 464 g/mol. The van der Waals surface area contributed by atoms with Gasteiger partial charge in [-0.05, 0) is 47.5 Å². The molecule has 0 bridgehead atoms. The Morgan fingerprint density at radius 3 is 2.31 bits per heavy atom. The summed E-state index contributed by atoms with van der Waals surface area (Å²) in [7, 11) is 0. The molecule has 2 heterocycles. The fraction of sp³-hybridized carbons (Fsp3) is 0.286. The van der Waals surface area contributed by atoms with Crippen LogP contribution in [0.3, 0.4) is 0 Å². The molecule has 1 aliphatic carbocycles. The van der Waals surface area contributed by atoms with E-state index in [4.69, 9.17) is 4.74 Å². The van der Waals surface area contributed by atoms with Gasteiger partial charge in [0.15, 0.2) is 11.4 Å². The van der Waals surface area contributed by atoms with Gasteiger partial charge in [0.05, 0.1) is 23.7 Å². The molecule has 184 valence electrons. The first-order chi connectivity index (χ1) is 17.5. The first-order valence-corrected chi connectivity index (χ1v) is 12.0. The van der Waals surface area contributed by atoms with Crippen LogP contribution < -0.4 is 10.1 Å². The van der Waals surface area contributed by atoms with Gasteiger partial charge >= 0.3 is 0 Å². The van der Waals surface area contributed by atoms with Gasteiger partial charge in [0, 0.05) is 31.6 Å². The van der Waals surface area contributed by atoms with Crippen molar-refractivity contribution in [2.45, 2.75) is 24.1 Å². The number of para-hydroxylation sites is 1. The number of nitrogens with zero attached hydrogens (tertiary/aromatic N) is 2. The minimum absolute atomic E-state index is 0.0930. The number of ether oxygens (including phenoxy) is 1. The normalized spacial score (nSPS) is 26.2. The Kier molecular flexibility index (Phi) is 5.58. The fourth-order valence-electron chi connectivity index (χ4n) is 5.69. The molecule has 3 aliphatic rings. The third-order valence-electron chi connectivity index (χ3n) is 7.51. The van der Waals surface area contributed by atoms with Gasteiger partial charge in [-0.2, -0.15) is 0 Å². The number of Topliss-reactive ketones (excluding diaryl/α,β-unsaturated/α-hetero) is 1. The SMILES string of the molecule is O=C(C1CNCCN1C(c1ccc(F)cc1)c1ccc(F)cc1)C12CC1C(=NO)c1ccccc1O2. The Hall–Kier alpha value is -3.62. The van der Waals surface area contributed by atoms with E-state index in [1.807, 2.05) is 18.2 Å². The number of fused-ring (bicyclic) bond motifs is 2. The number of ketones is 1. The molecule has 6 nitrogen and oxygen atoms in total. The van der Waals surface area contributed by atoms with Crippen LogP contribution in [0.4, 0.5) is 8.78 Å². The molecular formula is C28H25F2N3O3. The second kappa shape index (κ2) is 8.80. The lowest BCUT2D eigenvalue weighted by Crippen LogP contribution is -2.60. The van der Waals surface area contributed by atoms with Crippen LogP contribution >= 0.6 is 0 Å². The van der Waals surface area contributed by atoms with Gasteiger partial charge in [-0.15, -0.1) is 0 Å². The zero-order valence-corrected chi connectivity index (χ0v) is 19.4. The Balaban J connectivity index is 1.39. The number of piperazine rings is 1. The van der Waals surface area contributed by atoms with Crippen LogP contribution in [0.5, 0.6) is 5.75 Å². The third kappa shape index (κ3) is 3.68. The molecule has 0 aromatic heterocycles. The van der Waals surface area contributed by atoms with Crippen LogP contribution in [0.25, 0.3) is 0 Å². The van der Waals surface area contributed by atoms with Crippen LogP contribution in [0.1, 0.15) is 29.2 Å². The highest BCUT2D eigenvalue weighted by Gasteiger charge is 2.69. The van der Waals surface area contributed by atoms with E-state index in [1.165, 1.54) is 24.3 Å². The van der Waals surface area contributed by atoms with E-state index in [0.29, 0.717) is 43.1 Å². The largest absolute Gasteiger partial charge is 0.478 e. The number of benzene rings is 3. The molecule has 0 radical (unpaired) electrons. The Morgan fingerprint density at radius 2 is 1.67 bits per heavy atom. The second-order valence-corrected chi connectivity index (χ2v) is 9.56. The van der Waals surface area contributed by atoms with E-state index >= 15 is 0 Å². The van der Waals surface area contributed by atoms with Crippen molar-refractivity contribution < 1.29 is 23.5 Å². The zero-order chi connectivity index (χ0) is 24.9. The van der Waals surface area contributed by atoms with Crippen molar-refractivity contribution in [1.29, 1.82) is 0 Å². The van der Waals surface area contributed by atoms with Gasteiger partial charge in [0.2, 0.25) is 0 Å². The molecule has 2 N–H and O–H groups in total. The molecule has 1 saturated heterocycles. The molecule has 3 aromatic rings. The van der Waals surface area contributed by atoms with E-state index < -0.39 is 17.7 Å². The predicted molar refractivity (Wildman–Crippen MR) is 129 cm³/mol. The van der Waals surface area contributed by atoms with Crippen LogP contribution in [0.2, 0.25) is 0 Å². The van der Waals surface area contributed by atoms with E-state index in [-0.39, 0.29) is 23.3 Å². The summed E-state index contributed by atoms with van der Waals surface area (Å²) in [5, 5.41) is 16.6. The molecule has 8 heteroatoms. The molecule has 0 amide bonds. The lowest BCUT2D eigenvalue weighted by atomic mass is 9.90. The van der Waals surface area contributed by atoms with Crippen molar-refractivity contribution in [2.75, 3.05) is 19.6 Å². The summed E-state index contributed by atoms with van der Waals surface area (Å²) in [6, 6.07) is 18.7. The third-order valence-corrected chi connectivity index (χ3v) is 7.51. The highest BCUT2D eigenvalue weighted by molar-refractivity contribution is 6.14. The molecule has 2 fully saturated rings. The standard InChI is InChI=1S/C28H25F2N3O3/c29-19-9-5-17(6-10-19)26(18-7-11-20(30)12-8-18)33-14-13-31-16-23(33)27(34)28-15-22(28)25(32-35)21-3-1-2-4-24(21)36-28/h1-12,22-23,26,31,35H,13-16H2. The van der Waals surface area contributed by atoms with Crippen molar-refractivity contribution in [2.24, 2.45) is 11.1 Å². The van der Waals surface area contributed by atoms with Crippen molar-refractivity contribution in [1.82, 2.24) is 10.2 Å². The Labute approximate surface area is 207 Å². The van der Waals surface area contributed by atoms with Crippen LogP contribution in [0, 0.1) is 17.6 Å². The smallest absolute Gasteiger partial charge is 0.195 e. The van der Waals surface area contributed by atoms with E-state index in [0.717, 1.165) is 11.1 Å². The molecule has 36 heavy (non-hydrogen) atoms. The maximum absolute atomic E-state index is 14.2. The first-order valence-electron chi connectivity index (χ1n) is 12.0. The first kappa shape index (κ1) is 22.8. The van der Waals surface area contributed by atoms with Gasteiger partial charge in [0.25, 0.3) is 0 Å². The predicted octanol–water partition coefficient (Wildman–Crippen LogP) is 3.93. The van der Waals surface area contributed by atoms with Crippen LogP contribution in [-0.2, 0) is 4.79 Å². The van der Waals surface area contributed by atoms with Gasteiger partial charge in [0.1, 0.15) is 17.4 Å². The highest BCUT2D eigenvalue weighted by atomic mass is 19.1. The minimum atomic E-state index is -1.10. The maximum Gasteiger partial charge on any atom is 0.195 e. The van der Waals surface area contributed by atoms with E-state index in [1.54, 1.807) is 30.3 Å². The van der Waals surface area contributed by atoms with Gasteiger partial charge in [-0.25, -0.2) is 8.78 Å². The molecule has 1 saturated carbocycles. The minimum Gasteiger partial charge on any atom is -0.478 e. The van der Waals surface area contributed by atoms with Crippen molar-refractivity contribution in [3.8, 4) is 5.75 Å². The lowest BCUT2D eigenvalue weighted by Gasteiger charge is -2.43. The number of oxime groups is 1. The highest BCUT2D eigenvalue weighted by Crippen LogP contribution is 2.55. The molecule has 3 atom stereocenters. The van der Waals surface area contributed by atoms with E-state index in [2.05, 4.69) is 15.4 Å². The number of halogens is 2. The topological polar surface area (TPSA) is 74.2 Å². The van der Waals surface area contributed by atoms with Gasteiger partial charge in [-0.3, -0.25) is 9.69 Å². The second-order valence-electron chi connectivity index (χ2n) is 9.56. The molecule has 3 aromatic carbocycles. The Morgan fingerprint density at radius 1 is 1.03 bits per heavy atom. The van der Waals surface area contributed by atoms with Crippen LogP contribution in [-0.4, -0.2) is 52.9 Å². The quantitative estimate of drug-likeness (QED) is 0.420. The van der Waals surface area contributed by atoms with Crippen molar-refractivity contribution >= 4 is 11.5 Å². The van der Waals surface area contributed by atoms with Crippen molar-refractivity contribution in [3.63, 3.8) is 0 Å². The number of carbonyl (C=O) groups excluding carboxylic acids is 1. The fourth-order valence-corrected chi connectivity index (χ4v) is 5.69. The average molecular weight is 490 g/mol. The summed E-state index contributed by atoms with van der Waals surface area (Å²) < 4.78 is 33.9. The molecule has 2 aliphatic heterocycles. The summed E-state index contributed by atoms with van der Waals surface area (Å²) in [5.74, 6) is -0.603. The van der Waals surface area contributed by atoms with Gasteiger partial charge in [-0.1, -0.05) is 41.6 Å². The summed E-state index contributed by atoms with van der Waals surface area (Å²) in [5.41, 5.74) is 1.67. The monoisotopic (exact) mass is 489 g/mol. The average Bonchev–Trinajstić information content (AvgIpc) is 3.64. The number of nitrogens with one attached hydrogen (secondary N) is 1. The van der Waals surface area contributed by atoms with Crippen molar-refractivity contribution in [3.05, 3.63) is 101 Å². The van der Waals surface area contributed by atoms with Crippen LogP contribution in [0.15, 0.2) is 78.0 Å². The van der Waals surface area contributed by atoms with E-state index in [9.17, 15) is 18.8 Å². The number of hydrogen-bond acceptors (Lipinski definition) is 6. The summed E-state index contributed by atoms with van der Waals surface area (Å²) in [6.07, 6.45) is 0.433. The number of rotatable bonds is 5. The lowest BCUT2D eigenvalue weighted by molar-refractivity contribution is -0.135. The molecule has 0 spiro atoms. The molecule has 6 rings (SSSR count). The number of hydrogen-bond donors (Lipinski definition) is 2. The summed E-state index contributed by atoms with van der Waals surface area (Å²) >= 11 is 0. The number of carbonyl (C=O) groups is 1. The summed E-state index contributed by atoms with van der Waals surface area (Å²) in [6.45, 7) is 1.61.